The molecule has 0 aromatic carbocycles. The molecule has 1 unspecified atom stereocenters. The van der Waals surface area contributed by atoms with E-state index >= 15 is 0 Å². The summed E-state index contributed by atoms with van der Waals surface area (Å²) in [5.41, 5.74) is 8.05. The van der Waals surface area contributed by atoms with Gasteiger partial charge in [-0.05, 0) is 24.3 Å². The van der Waals surface area contributed by atoms with Crippen molar-refractivity contribution in [2.24, 2.45) is 0 Å². The Morgan fingerprint density at radius 1 is 1.59 bits per heavy atom. The Balaban J connectivity index is 1.80. The monoisotopic (exact) mass is 249 g/mol. The van der Waals surface area contributed by atoms with E-state index in [9.17, 15) is 0 Å². The van der Waals surface area contributed by atoms with Crippen LogP contribution >= 0.6 is 11.3 Å². The summed E-state index contributed by atoms with van der Waals surface area (Å²) in [6.07, 6.45) is 2.52. The normalized spacial score (nSPS) is 19.9. The Hall–Kier alpha value is -1.33. The molecule has 2 aromatic heterocycles. The maximum Gasteiger partial charge on any atom is 0.122 e. The van der Waals surface area contributed by atoms with Crippen LogP contribution in [0.2, 0.25) is 0 Å². The van der Waals surface area contributed by atoms with Crippen LogP contribution in [0.4, 0.5) is 5.82 Å². The van der Waals surface area contributed by atoms with E-state index in [1.165, 1.54) is 0 Å². The molecule has 1 aliphatic rings. The number of hydrogen-bond acceptors (Lipinski definition) is 4. The third kappa shape index (κ3) is 2.21. The van der Waals surface area contributed by atoms with E-state index in [2.05, 4.69) is 16.5 Å². The van der Waals surface area contributed by atoms with E-state index in [-0.39, 0.29) is 6.10 Å². The van der Waals surface area contributed by atoms with Crippen molar-refractivity contribution in [1.29, 1.82) is 0 Å². The zero-order valence-corrected chi connectivity index (χ0v) is 10.3. The second-order valence-electron chi connectivity index (χ2n) is 4.28. The summed E-state index contributed by atoms with van der Waals surface area (Å²) >= 11 is 1.67. The lowest BCUT2D eigenvalue weighted by atomic mass is 10.2. The zero-order chi connectivity index (χ0) is 11.7. The first-order valence-electron chi connectivity index (χ1n) is 5.80. The van der Waals surface area contributed by atoms with Gasteiger partial charge in [-0.2, -0.15) is 16.4 Å². The second kappa shape index (κ2) is 4.50. The number of anilines is 1. The van der Waals surface area contributed by atoms with Gasteiger partial charge in [-0.3, -0.25) is 0 Å². The number of thiophene rings is 1. The summed E-state index contributed by atoms with van der Waals surface area (Å²) in [5.74, 6) is 0.710. The first-order valence-corrected chi connectivity index (χ1v) is 6.75. The van der Waals surface area contributed by atoms with Crippen LogP contribution in [0.25, 0.3) is 11.3 Å². The molecule has 0 amide bonds. The van der Waals surface area contributed by atoms with Crippen LogP contribution in [0.3, 0.4) is 0 Å². The third-order valence-corrected chi connectivity index (χ3v) is 3.71. The van der Waals surface area contributed by atoms with Gasteiger partial charge in [0.05, 0.1) is 18.3 Å². The Morgan fingerprint density at radius 3 is 3.24 bits per heavy atom. The smallest absolute Gasteiger partial charge is 0.122 e. The largest absolute Gasteiger partial charge is 0.384 e. The average molecular weight is 249 g/mol. The van der Waals surface area contributed by atoms with Crippen molar-refractivity contribution in [1.82, 2.24) is 9.78 Å². The molecular weight excluding hydrogens is 234 g/mol. The number of nitrogen functional groups attached to an aromatic ring is 1. The van der Waals surface area contributed by atoms with Gasteiger partial charge in [0.1, 0.15) is 5.82 Å². The molecule has 5 heteroatoms. The predicted octanol–water partition coefficient (Wildman–Crippen LogP) is 2.37. The number of nitrogens with zero attached hydrogens (tertiary/aromatic N) is 2. The number of aromatic nitrogens is 2. The highest BCUT2D eigenvalue weighted by Crippen LogP contribution is 2.24. The summed E-state index contributed by atoms with van der Waals surface area (Å²) < 4.78 is 7.45. The molecule has 2 aromatic rings. The summed E-state index contributed by atoms with van der Waals surface area (Å²) in [6, 6.07) is 3.99. The molecule has 0 radical (unpaired) electrons. The molecular formula is C12H15N3OS. The topological polar surface area (TPSA) is 53.1 Å². The molecule has 2 N–H and O–H groups in total. The molecule has 3 rings (SSSR count). The van der Waals surface area contributed by atoms with Crippen molar-refractivity contribution in [3.63, 3.8) is 0 Å². The van der Waals surface area contributed by atoms with Gasteiger partial charge in [0.15, 0.2) is 0 Å². The molecule has 3 heterocycles. The summed E-state index contributed by atoms with van der Waals surface area (Å²) in [4.78, 5) is 0. The molecule has 4 nitrogen and oxygen atoms in total. The van der Waals surface area contributed by atoms with Crippen LogP contribution in [0.15, 0.2) is 22.9 Å². The number of ether oxygens (including phenoxy) is 1. The highest BCUT2D eigenvalue weighted by atomic mass is 32.1. The molecule has 90 valence electrons. The minimum atomic E-state index is 0.271. The van der Waals surface area contributed by atoms with Crippen LogP contribution in [-0.2, 0) is 11.3 Å². The second-order valence-corrected chi connectivity index (χ2v) is 5.06. The highest BCUT2D eigenvalue weighted by Gasteiger charge is 2.18. The fourth-order valence-electron chi connectivity index (χ4n) is 2.11. The van der Waals surface area contributed by atoms with Gasteiger partial charge in [-0.1, -0.05) is 0 Å². The lowest BCUT2D eigenvalue weighted by molar-refractivity contribution is 0.0946. The number of rotatable bonds is 3. The van der Waals surface area contributed by atoms with Crippen LogP contribution < -0.4 is 5.73 Å². The quantitative estimate of drug-likeness (QED) is 0.908. The maximum atomic E-state index is 5.97. The van der Waals surface area contributed by atoms with Crippen molar-refractivity contribution in [2.45, 2.75) is 25.5 Å². The fraction of sp³-hybridized carbons (Fsp3) is 0.417. The fourth-order valence-corrected chi connectivity index (χ4v) is 2.76. The van der Waals surface area contributed by atoms with E-state index in [1.807, 2.05) is 16.1 Å². The lowest BCUT2D eigenvalue weighted by Gasteiger charge is -2.10. The Bertz CT molecular complexity index is 486. The predicted molar refractivity (Wildman–Crippen MR) is 68.9 cm³/mol. The minimum absolute atomic E-state index is 0.271. The first-order chi connectivity index (χ1) is 8.33. The van der Waals surface area contributed by atoms with Crippen LogP contribution in [0.5, 0.6) is 0 Å². The van der Waals surface area contributed by atoms with E-state index in [0.717, 1.165) is 37.3 Å². The molecule has 1 saturated heterocycles. The van der Waals surface area contributed by atoms with Crippen molar-refractivity contribution >= 4 is 17.2 Å². The molecule has 0 bridgehead atoms. The van der Waals surface area contributed by atoms with Crippen molar-refractivity contribution in [2.75, 3.05) is 12.3 Å². The third-order valence-electron chi connectivity index (χ3n) is 3.03. The summed E-state index contributed by atoms with van der Waals surface area (Å²) in [6.45, 7) is 1.62. The van der Waals surface area contributed by atoms with Gasteiger partial charge in [-0.15, -0.1) is 0 Å². The standard InChI is InChI=1S/C12H15N3OS/c13-12-6-11(9-3-5-17-8-9)14-15(12)7-10-2-1-4-16-10/h3,5-6,8,10H,1-2,4,7,13H2. The van der Waals surface area contributed by atoms with Gasteiger partial charge in [0.25, 0.3) is 0 Å². The van der Waals surface area contributed by atoms with E-state index in [4.69, 9.17) is 10.5 Å². The molecule has 0 aliphatic carbocycles. The number of nitrogens with two attached hydrogens (primary N) is 1. The lowest BCUT2D eigenvalue weighted by Crippen LogP contribution is -2.17. The molecule has 1 aliphatic heterocycles. The van der Waals surface area contributed by atoms with Crippen LogP contribution in [0, 0.1) is 0 Å². The van der Waals surface area contributed by atoms with Crippen molar-refractivity contribution < 1.29 is 4.74 Å². The summed E-state index contributed by atoms with van der Waals surface area (Å²) in [7, 11) is 0. The zero-order valence-electron chi connectivity index (χ0n) is 9.50. The highest BCUT2D eigenvalue weighted by molar-refractivity contribution is 7.08. The maximum absolute atomic E-state index is 5.97. The Morgan fingerprint density at radius 2 is 2.53 bits per heavy atom. The van der Waals surface area contributed by atoms with Gasteiger partial charge in [-0.25, -0.2) is 4.68 Å². The minimum Gasteiger partial charge on any atom is -0.384 e. The average Bonchev–Trinajstić information content (AvgIpc) is 3.02. The molecule has 1 fully saturated rings. The van der Waals surface area contributed by atoms with Crippen molar-refractivity contribution in [3.05, 3.63) is 22.9 Å². The Kier molecular flexibility index (Phi) is 2.86. The van der Waals surface area contributed by atoms with E-state index in [0.29, 0.717) is 5.82 Å². The SMILES string of the molecule is Nc1cc(-c2ccsc2)nn1CC1CCCO1. The van der Waals surface area contributed by atoms with E-state index in [1.54, 1.807) is 11.3 Å². The van der Waals surface area contributed by atoms with Gasteiger partial charge >= 0.3 is 0 Å². The molecule has 0 spiro atoms. The first kappa shape index (κ1) is 10.8. The molecule has 0 saturated carbocycles. The number of hydrogen-bond donors (Lipinski definition) is 1. The van der Waals surface area contributed by atoms with Crippen molar-refractivity contribution in [3.8, 4) is 11.3 Å². The van der Waals surface area contributed by atoms with Crippen LogP contribution in [0.1, 0.15) is 12.8 Å². The summed E-state index contributed by atoms with van der Waals surface area (Å²) in [5, 5.41) is 8.66. The van der Waals surface area contributed by atoms with Crippen LogP contribution in [-0.4, -0.2) is 22.5 Å². The Labute approximate surface area is 104 Å². The van der Waals surface area contributed by atoms with Gasteiger partial charge in [0.2, 0.25) is 0 Å². The van der Waals surface area contributed by atoms with E-state index < -0.39 is 0 Å². The van der Waals surface area contributed by atoms with Gasteiger partial charge < -0.3 is 10.5 Å². The molecule has 17 heavy (non-hydrogen) atoms. The molecule has 1 atom stereocenters. The van der Waals surface area contributed by atoms with Gasteiger partial charge in [0, 0.05) is 23.6 Å².